The lowest BCUT2D eigenvalue weighted by atomic mass is 9.87. The molecular weight excluding hydrogens is 228 g/mol. The van der Waals surface area contributed by atoms with E-state index in [9.17, 15) is 4.79 Å². The fraction of sp³-hybridized carbons (Fsp3) is 0.400. The summed E-state index contributed by atoms with van der Waals surface area (Å²) in [6.07, 6.45) is 4.08. The van der Waals surface area contributed by atoms with Crippen LogP contribution in [-0.4, -0.2) is 10.9 Å². The number of hydrogen-bond donors (Lipinski definition) is 0. The molecule has 17 heavy (non-hydrogen) atoms. The topological polar surface area (TPSA) is 17.1 Å². The highest BCUT2D eigenvalue weighted by atomic mass is 32.2. The van der Waals surface area contributed by atoms with Crippen molar-refractivity contribution < 1.29 is 4.79 Å². The first kappa shape index (κ1) is 14.0. The van der Waals surface area contributed by atoms with Crippen molar-refractivity contribution in [1.29, 1.82) is 0 Å². The van der Waals surface area contributed by atoms with E-state index in [4.69, 9.17) is 0 Å². The van der Waals surface area contributed by atoms with E-state index < -0.39 is 0 Å². The third kappa shape index (κ3) is 5.22. The van der Waals surface area contributed by atoms with Crippen LogP contribution in [0.1, 0.15) is 38.8 Å². The number of rotatable bonds is 3. The van der Waals surface area contributed by atoms with E-state index in [1.54, 1.807) is 6.92 Å². The van der Waals surface area contributed by atoms with Crippen LogP contribution in [0.4, 0.5) is 0 Å². The monoisotopic (exact) mass is 248 g/mol. The Balaban J connectivity index is 2.60. The molecule has 0 unspecified atom stereocenters. The molecule has 0 atom stereocenters. The van der Waals surface area contributed by atoms with Gasteiger partial charge >= 0.3 is 0 Å². The van der Waals surface area contributed by atoms with Crippen molar-refractivity contribution in [3.05, 3.63) is 41.5 Å². The third-order valence-corrected chi connectivity index (χ3v) is 3.24. The summed E-state index contributed by atoms with van der Waals surface area (Å²) in [4.78, 5) is 10.7. The van der Waals surface area contributed by atoms with Crippen LogP contribution in [0.2, 0.25) is 0 Å². The second-order valence-corrected chi connectivity index (χ2v) is 6.27. The molecule has 1 nitrogen and oxygen atoms in total. The summed E-state index contributed by atoms with van der Waals surface area (Å²) in [7, 11) is 0. The summed E-state index contributed by atoms with van der Waals surface area (Å²) in [5.41, 5.74) is 2.72. The molecule has 1 rings (SSSR count). The van der Waals surface area contributed by atoms with E-state index >= 15 is 0 Å². The van der Waals surface area contributed by atoms with Gasteiger partial charge in [0.25, 0.3) is 0 Å². The molecule has 0 aliphatic carbocycles. The standard InChI is InChI=1S/C15H20OS/c1-12(16)17-11-5-6-13-7-9-14(10-8-13)15(2,3)4/h5-10H,11H2,1-4H3. The average molecular weight is 248 g/mol. The summed E-state index contributed by atoms with van der Waals surface area (Å²) in [5.74, 6) is 0.746. The molecule has 0 N–H and O–H groups in total. The van der Waals surface area contributed by atoms with Crippen molar-refractivity contribution in [1.82, 2.24) is 0 Å². The second kappa shape index (κ2) is 6.06. The van der Waals surface area contributed by atoms with Crippen molar-refractivity contribution in [2.45, 2.75) is 33.1 Å². The van der Waals surface area contributed by atoms with Gasteiger partial charge < -0.3 is 0 Å². The van der Waals surface area contributed by atoms with E-state index in [1.807, 2.05) is 6.08 Å². The highest BCUT2D eigenvalue weighted by molar-refractivity contribution is 8.13. The zero-order chi connectivity index (χ0) is 12.9. The first-order valence-corrected chi connectivity index (χ1v) is 6.78. The van der Waals surface area contributed by atoms with Crippen LogP contribution < -0.4 is 0 Å². The summed E-state index contributed by atoms with van der Waals surface area (Å²) in [6.45, 7) is 8.22. The molecule has 0 bridgehead atoms. The summed E-state index contributed by atoms with van der Waals surface area (Å²) < 4.78 is 0. The SMILES string of the molecule is CC(=O)SCC=Cc1ccc(C(C)(C)C)cc1. The van der Waals surface area contributed by atoms with E-state index in [0.29, 0.717) is 0 Å². The van der Waals surface area contributed by atoms with Crippen LogP contribution in [0.3, 0.4) is 0 Å². The highest BCUT2D eigenvalue weighted by Gasteiger charge is 2.12. The summed E-state index contributed by atoms with van der Waals surface area (Å²) in [6, 6.07) is 8.57. The number of benzene rings is 1. The lowest BCUT2D eigenvalue weighted by molar-refractivity contribution is -0.109. The molecule has 2 heteroatoms. The second-order valence-electron chi connectivity index (χ2n) is 5.08. The molecule has 0 saturated heterocycles. The largest absolute Gasteiger partial charge is 0.288 e. The first-order valence-electron chi connectivity index (χ1n) is 5.80. The van der Waals surface area contributed by atoms with Crippen LogP contribution >= 0.6 is 11.8 Å². The fourth-order valence-electron chi connectivity index (χ4n) is 1.44. The van der Waals surface area contributed by atoms with E-state index in [2.05, 4.69) is 51.1 Å². The van der Waals surface area contributed by atoms with Crippen LogP contribution in [-0.2, 0) is 10.2 Å². The quantitative estimate of drug-likeness (QED) is 0.794. The minimum atomic E-state index is 0.165. The third-order valence-electron chi connectivity index (χ3n) is 2.47. The van der Waals surface area contributed by atoms with Crippen LogP contribution in [0.15, 0.2) is 30.3 Å². The number of carbonyl (C=O) groups excluding carboxylic acids is 1. The number of hydrogen-bond acceptors (Lipinski definition) is 2. The van der Waals surface area contributed by atoms with Crippen molar-refractivity contribution in [2.24, 2.45) is 0 Å². The predicted octanol–water partition coefficient (Wildman–Crippen LogP) is 4.28. The van der Waals surface area contributed by atoms with Gasteiger partial charge in [-0.25, -0.2) is 0 Å². The lowest BCUT2D eigenvalue weighted by Gasteiger charge is -2.18. The molecule has 1 aromatic carbocycles. The Morgan fingerprint density at radius 3 is 2.29 bits per heavy atom. The van der Waals surface area contributed by atoms with Gasteiger partial charge in [-0.2, -0.15) is 0 Å². The van der Waals surface area contributed by atoms with Gasteiger partial charge in [0.05, 0.1) is 0 Å². The molecule has 0 spiro atoms. The van der Waals surface area contributed by atoms with Crippen molar-refractivity contribution in [2.75, 3.05) is 5.75 Å². The number of carbonyl (C=O) groups is 1. The molecule has 0 heterocycles. The zero-order valence-corrected chi connectivity index (χ0v) is 11.8. The van der Waals surface area contributed by atoms with Crippen LogP contribution in [0.5, 0.6) is 0 Å². The first-order chi connectivity index (χ1) is 7.89. The Labute approximate surface area is 108 Å². The molecule has 0 amide bonds. The maximum Gasteiger partial charge on any atom is 0.186 e. The minimum Gasteiger partial charge on any atom is -0.288 e. The Hall–Kier alpha value is -1.02. The molecule has 0 fully saturated rings. The Bertz CT molecular complexity index is 396. The summed E-state index contributed by atoms with van der Waals surface area (Å²) in [5, 5.41) is 0.165. The van der Waals surface area contributed by atoms with Crippen molar-refractivity contribution >= 4 is 23.0 Å². The van der Waals surface area contributed by atoms with Crippen molar-refractivity contribution in [3.63, 3.8) is 0 Å². The van der Waals surface area contributed by atoms with Gasteiger partial charge in [0, 0.05) is 12.7 Å². The zero-order valence-electron chi connectivity index (χ0n) is 11.0. The maximum atomic E-state index is 10.7. The molecule has 92 valence electrons. The van der Waals surface area contributed by atoms with Gasteiger partial charge in [-0.3, -0.25) is 4.79 Å². The smallest absolute Gasteiger partial charge is 0.186 e. The minimum absolute atomic E-state index is 0.165. The average Bonchev–Trinajstić information content (AvgIpc) is 2.23. The van der Waals surface area contributed by atoms with Crippen LogP contribution in [0.25, 0.3) is 6.08 Å². The predicted molar refractivity (Wildman–Crippen MR) is 77.3 cm³/mol. The lowest BCUT2D eigenvalue weighted by Crippen LogP contribution is -2.10. The van der Waals surface area contributed by atoms with Crippen LogP contribution in [0, 0.1) is 0 Å². The Morgan fingerprint density at radius 1 is 1.24 bits per heavy atom. The van der Waals surface area contributed by atoms with Gasteiger partial charge in [-0.05, 0) is 16.5 Å². The normalized spacial score (nSPS) is 12.0. The van der Waals surface area contributed by atoms with Gasteiger partial charge in [0.15, 0.2) is 5.12 Å². The van der Waals surface area contributed by atoms with E-state index in [1.165, 1.54) is 22.9 Å². The molecule has 0 aliphatic heterocycles. The molecule has 1 aromatic rings. The van der Waals surface area contributed by atoms with E-state index in [0.717, 1.165) is 5.75 Å². The molecular formula is C15H20OS. The van der Waals surface area contributed by atoms with Gasteiger partial charge in [-0.15, -0.1) is 0 Å². The molecule has 0 aliphatic rings. The van der Waals surface area contributed by atoms with Crippen molar-refractivity contribution in [3.8, 4) is 0 Å². The van der Waals surface area contributed by atoms with E-state index in [-0.39, 0.29) is 10.5 Å². The molecule has 0 aromatic heterocycles. The molecule has 0 radical (unpaired) electrons. The Morgan fingerprint density at radius 2 is 1.82 bits per heavy atom. The maximum absolute atomic E-state index is 10.7. The number of thioether (sulfide) groups is 1. The van der Waals surface area contributed by atoms with Gasteiger partial charge in [0.2, 0.25) is 0 Å². The summed E-state index contributed by atoms with van der Waals surface area (Å²) >= 11 is 1.33. The van der Waals surface area contributed by atoms with Gasteiger partial charge in [-0.1, -0.05) is 69.0 Å². The fourth-order valence-corrected chi connectivity index (χ4v) is 1.87. The highest BCUT2D eigenvalue weighted by Crippen LogP contribution is 2.22. The molecule has 0 saturated carbocycles. The van der Waals surface area contributed by atoms with Gasteiger partial charge in [0.1, 0.15) is 0 Å². The Kier molecular flexibility index (Phi) is 5.01.